The molecule has 0 aliphatic carbocycles. The van der Waals surface area contributed by atoms with Gasteiger partial charge in [-0.2, -0.15) is 18.4 Å². The number of carbonyl (C=O) groups excluding carboxylic acids is 2. The summed E-state index contributed by atoms with van der Waals surface area (Å²) in [7, 11) is 0. The van der Waals surface area contributed by atoms with Gasteiger partial charge in [0.25, 0.3) is 0 Å². The number of rotatable bonds is 5. The summed E-state index contributed by atoms with van der Waals surface area (Å²) in [6, 6.07) is 4.97. The van der Waals surface area contributed by atoms with E-state index in [-0.39, 0.29) is 36.4 Å². The second kappa shape index (κ2) is 8.61. The molecule has 3 heterocycles. The minimum absolute atomic E-state index is 0.0826. The van der Waals surface area contributed by atoms with Crippen molar-refractivity contribution in [1.82, 2.24) is 14.7 Å². The van der Waals surface area contributed by atoms with E-state index in [0.717, 1.165) is 12.1 Å². The molecule has 3 saturated heterocycles. The largest absolute Gasteiger partial charge is 0.416 e. The van der Waals surface area contributed by atoms with Gasteiger partial charge in [-0.15, -0.1) is 0 Å². The third-order valence-electron chi connectivity index (χ3n) is 7.14. The molecule has 2 bridgehead atoms. The summed E-state index contributed by atoms with van der Waals surface area (Å²) in [5, 5.41) is 9.32. The average Bonchev–Trinajstić information content (AvgIpc) is 3.44. The first-order valence-corrected chi connectivity index (χ1v) is 11.2. The third kappa shape index (κ3) is 4.32. The van der Waals surface area contributed by atoms with Gasteiger partial charge in [0.15, 0.2) is 0 Å². The molecule has 6 unspecified atom stereocenters. The number of fused-ring (bicyclic) bond motifs is 2. The monoisotopic (exact) mass is 463 g/mol. The highest BCUT2D eigenvalue weighted by molar-refractivity contribution is 5.87. The summed E-state index contributed by atoms with van der Waals surface area (Å²) in [4.78, 5) is 31.1. The number of amides is 2. The number of piperazine rings is 1. The molecule has 7 nitrogen and oxygen atoms in total. The molecule has 3 aliphatic heterocycles. The minimum atomic E-state index is -4.40. The van der Waals surface area contributed by atoms with Crippen molar-refractivity contribution in [2.45, 2.75) is 63.1 Å². The van der Waals surface area contributed by atoms with E-state index >= 15 is 0 Å². The number of benzene rings is 1. The van der Waals surface area contributed by atoms with Crippen LogP contribution in [0.3, 0.4) is 0 Å². The van der Waals surface area contributed by atoms with Crippen LogP contribution in [0.2, 0.25) is 0 Å². The molecule has 2 N–H and O–H groups in total. The zero-order valence-corrected chi connectivity index (χ0v) is 18.6. The van der Waals surface area contributed by atoms with Gasteiger partial charge >= 0.3 is 6.18 Å². The number of hydrogen-bond donors (Lipinski definition) is 1. The predicted octanol–water partition coefficient (Wildman–Crippen LogP) is 2.14. The van der Waals surface area contributed by atoms with Crippen LogP contribution in [0, 0.1) is 17.2 Å². The van der Waals surface area contributed by atoms with Gasteiger partial charge < -0.3 is 15.5 Å². The Morgan fingerprint density at radius 2 is 1.91 bits per heavy atom. The van der Waals surface area contributed by atoms with E-state index in [2.05, 4.69) is 6.07 Å². The molecular weight excluding hydrogens is 435 g/mol. The van der Waals surface area contributed by atoms with Crippen LogP contribution in [-0.4, -0.2) is 70.3 Å². The van der Waals surface area contributed by atoms with Gasteiger partial charge in [0.1, 0.15) is 6.04 Å². The van der Waals surface area contributed by atoms with Gasteiger partial charge in [0, 0.05) is 25.7 Å². The Hall–Kier alpha value is -2.64. The molecule has 10 heteroatoms. The molecule has 33 heavy (non-hydrogen) atoms. The summed E-state index contributed by atoms with van der Waals surface area (Å²) in [6.45, 7) is 5.11. The van der Waals surface area contributed by atoms with Gasteiger partial charge in [-0.1, -0.05) is 19.1 Å². The fraction of sp³-hybridized carbons (Fsp3) is 0.609. The third-order valence-corrected chi connectivity index (χ3v) is 7.14. The van der Waals surface area contributed by atoms with Gasteiger partial charge in [-0.05, 0) is 43.4 Å². The van der Waals surface area contributed by atoms with Crippen LogP contribution in [0.25, 0.3) is 0 Å². The maximum atomic E-state index is 13.1. The highest BCUT2D eigenvalue weighted by Crippen LogP contribution is 2.38. The maximum Gasteiger partial charge on any atom is 0.416 e. The Bertz CT molecular complexity index is 960. The lowest BCUT2D eigenvalue weighted by atomic mass is 10.0. The Labute approximate surface area is 190 Å². The lowest BCUT2D eigenvalue weighted by Crippen LogP contribution is -2.56. The Morgan fingerprint density at radius 1 is 1.24 bits per heavy atom. The summed E-state index contributed by atoms with van der Waals surface area (Å²) < 4.78 is 38.5. The molecule has 1 aromatic carbocycles. The van der Waals surface area contributed by atoms with E-state index < -0.39 is 29.9 Å². The molecule has 3 aliphatic rings. The molecule has 0 aromatic heterocycles. The number of nitrogens with two attached hydrogens (primary N) is 1. The number of halogens is 3. The molecule has 1 aromatic rings. The maximum absolute atomic E-state index is 13.1. The van der Waals surface area contributed by atoms with Crippen LogP contribution in [0.5, 0.6) is 0 Å². The van der Waals surface area contributed by atoms with E-state index in [1.807, 2.05) is 18.7 Å². The Balaban J connectivity index is 1.39. The van der Waals surface area contributed by atoms with Crippen LogP contribution in [0.15, 0.2) is 24.3 Å². The summed E-state index contributed by atoms with van der Waals surface area (Å²) in [5.41, 5.74) is 6.12. The molecule has 4 rings (SSSR count). The summed E-state index contributed by atoms with van der Waals surface area (Å²) in [5.74, 6) is -0.116. The second-order valence-corrected chi connectivity index (χ2v) is 9.48. The van der Waals surface area contributed by atoms with Gasteiger partial charge in [-0.25, -0.2) is 0 Å². The number of hydrogen-bond acceptors (Lipinski definition) is 5. The molecular formula is C23H28F3N5O2. The minimum Gasteiger partial charge on any atom is -0.330 e. The number of carbonyl (C=O) groups is 2. The van der Waals surface area contributed by atoms with Crippen LogP contribution in [0.1, 0.15) is 43.9 Å². The normalized spacial score (nSPS) is 29.4. The zero-order chi connectivity index (χ0) is 24.1. The van der Waals surface area contributed by atoms with Crippen LogP contribution in [-0.2, 0) is 15.8 Å². The van der Waals surface area contributed by atoms with E-state index in [9.17, 15) is 28.0 Å². The standard InChI is InChI=1S/C23H28F3N5O2/c1-13-7-17(9-27)30(10-13)21(32)19(28)12-29-11-18-8-20(29)22(33)31(18)14(2)15-3-5-16(6-4-15)23(24,25)26/h3-6,13-14,17-20H,7-8,10-12,28H2,1-2H3. The number of alkyl halides is 3. The van der Waals surface area contributed by atoms with Gasteiger partial charge in [0.2, 0.25) is 11.8 Å². The lowest BCUT2D eigenvalue weighted by Gasteiger charge is -2.38. The molecule has 0 radical (unpaired) electrons. The van der Waals surface area contributed by atoms with Crippen molar-refractivity contribution in [1.29, 1.82) is 5.26 Å². The smallest absolute Gasteiger partial charge is 0.330 e. The van der Waals surface area contributed by atoms with Crippen molar-refractivity contribution in [3.8, 4) is 6.07 Å². The summed E-state index contributed by atoms with van der Waals surface area (Å²) >= 11 is 0. The fourth-order valence-electron chi connectivity index (χ4n) is 5.47. The van der Waals surface area contributed by atoms with E-state index in [4.69, 9.17) is 5.73 Å². The highest BCUT2D eigenvalue weighted by atomic mass is 19.4. The fourth-order valence-corrected chi connectivity index (χ4v) is 5.47. The topological polar surface area (TPSA) is 93.7 Å². The Morgan fingerprint density at radius 3 is 2.48 bits per heavy atom. The van der Waals surface area contributed by atoms with Crippen molar-refractivity contribution < 1.29 is 22.8 Å². The van der Waals surface area contributed by atoms with E-state index in [1.54, 1.807) is 9.80 Å². The quantitative estimate of drug-likeness (QED) is 0.722. The lowest BCUT2D eigenvalue weighted by molar-refractivity contribution is -0.141. The highest BCUT2D eigenvalue weighted by Gasteiger charge is 2.51. The first-order valence-electron chi connectivity index (χ1n) is 11.2. The molecule has 6 atom stereocenters. The van der Waals surface area contributed by atoms with Crippen LogP contribution < -0.4 is 5.73 Å². The van der Waals surface area contributed by atoms with Crippen molar-refractivity contribution in [3.63, 3.8) is 0 Å². The van der Waals surface area contributed by atoms with Crippen molar-refractivity contribution in [3.05, 3.63) is 35.4 Å². The number of nitrogens with zero attached hydrogens (tertiary/aromatic N) is 4. The number of nitriles is 1. The van der Waals surface area contributed by atoms with E-state index in [0.29, 0.717) is 31.5 Å². The molecule has 178 valence electrons. The van der Waals surface area contributed by atoms with Crippen molar-refractivity contribution in [2.24, 2.45) is 11.7 Å². The van der Waals surface area contributed by atoms with Gasteiger partial charge in [-0.3, -0.25) is 14.5 Å². The zero-order valence-electron chi connectivity index (χ0n) is 18.6. The number of likely N-dealkylation sites (tertiary alicyclic amines) is 3. The Kier molecular flexibility index (Phi) is 6.14. The average molecular weight is 464 g/mol. The van der Waals surface area contributed by atoms with E-state index in [1.165, 1.54) is 12.1 Å². The first-order chi connectivity index (χ1) is 15.5. The molecule has 3 fully saturated rings. The second-order valence-electron chi connectivity index (χ2n) is 9.48. The first kappa shape index (κ1) is 23.5. The van der Waals surface area contributed by atoms with Crippen LogP contribution in [0.4, 0.5) is 13.2 Å². The van der Waals surface area contributed by atoms with Gasteiger partial charge in [0.05, 0.1) is 29.8 Å². The SMILES string of the molecule is CC1CC(C#N)N(C(=O)C(N)CN2CC3CC2C(=O)N3C(C)c2ccc(C(F)(F)F)cc2)C1. The molecule has 0 spiro atoms. The summed E-state index contributed by atoms with van der Waals surface area (Å²) in [6.07, 6.45) is -3.16. The van der Waals surface area contributed by atoms with Crippen molar-refractivity contribution >= 4 is 11.8 Å². The molecule has 0 saturated carbocycles. The van der Waals surface area contributed by atoms with Crippen LogP contribution >= 0.6 is 0 Å². The van der Waals surface area contributed by atoms with Crippen molar-refractivity contribution in [2.75, 3.05) is 19.6 Å². The predicted molar refractivity (Wildman–Crippen MR) is 113 cm³/mol. The molecule has 2 amide bonds.